The molecule has 2 rings (SSSR count). The van der Waals surface area contributed by atoms with Crippen LogP contribution in [0.1, 0.15) is 12.5 Å². The first-order valence-corrected chi connectivity index (χ1v) is 7.39. The van der Waals surface area contributed by atoms with Crippen LogP contribution >= 0.6 is 11.6 Å². The molecular weight excluding hydrogens is 328 g/mol. The molecule has 124 valence electrons. The van der Waals surface area contributed by atoms with Crippen molar-refractivity contribution in [3.05, 3.63) is 59.1 Å². The molecule has 8 heteroatoms. The van der Waals surface area contributed by atoms with Gasteiger partial charge in [0.2, 0.25) is 5.96 Å². The monoisotopic (exact) mass is 344 g/mol. The van der Waals surface area contributed by atoms with Crippen LogP contribution < -0.4 is 22.1 Å². The SMILES string of the molecule is C/C(=N/N=C(N)N)c1ccc(NC(=O)Nc2ccc(Cl)cc2)cc1. The summed E-state index contributed by atoms with van der Waals surface area (Å²) < 4.78 is 0. The lowest BCUT2D eigenvalue weighted by atomic mass is 10.1. The number of nitrogens with two attached hydrogens (primary N) is 2. The lowest BCUT2D eigenvalue weighted by Gasteiger charge is -2.08. The van der Waals surface area contributed by atoms with Crippen molar-refractivity contribution in [2.75, 3.05) is 10.6 Å². The Hall–Kier alpha value is -3.06. The highest BCUT2D eigenvalue weighted by Crippen LogP contribution is 2.15. The fourth-order valence-corrected chi connectivity index (χ4v) is 1.94. The van der Waals surface area contributed by atoms with Crippen molar-refractivity contribution >= 4 is 40.7 Å². The number of hydrogen-bond acceptors (Lipinski definition) is 3. The van der Waals surface area contributed by atoms with E-state index in [0.29, 0.717) is 22.1 Å². The maximum atomic E-state index is 11.9. The summed E-state index contributed by atoms with van der Waals surface area (Å²) in [6.07, 6.45) is 0. The van der Waals surface area contributed by atoms with Gasteiger partial charge in [0.25, 0.3) is 0 Å². The van der Waals surface area contributed by atoms with Crippen LogP contribution in [0.4, 0.5) is 16.2 Å². The summed E-state index contributed by atoms with van der Waals surface area (Å²) in [5.41, 5.74) is 13.2. The van der Waals surface area contributed by atoms with Gasteiger partial charge in [0.15, 0.2) is 0 Å². The van der Waals surface area contributed by atoms with E-state index in [1.807, 2.05) is 0 Å². The van der Waals surface area contributed by atoms with E-state index < -0.39 is 0 Å². The highest BCUT2D eigenvalue weighted by molar-refractivity contribution is 6.30. The quantitative estimate of drug-likeness (QED) is 0.388. The van der Waals surface area contributed by atoms with Gasteiger partial charge in [-0.1, -0.05) is 23.7 Å². The summed E-state index contributed by atoms with van der Waals surface area (Å²) in [5, 5.41) is 13.5. The summed E-state index contributed by atoms with van der Waals surface area (Å²) in [7, 11) is 0. The zero-order chi connectivity index (χ0) is 17.5. The van der Waals surface area contributed by atoms with Crippen LogP contribution in [-0.4, -0.2) is 17.7 Å². The molecule has 7 nitrogen and oxygen atoms in total. The number of nitrogens with zero attached hydrogens (tertiary/aromatic N) is 2. The van der Waals surface area contributed by atoms with E-state index in [1.54, 1.807) is 55.5 Å². The zero-order valence-corrected chi connectivity index (χ0v) is 13.7. The average molecular weight is 345 g/mol. The van der Waals surface area contributed by atoms with E-state index in [9.17, 15) is 4.79 Å². The Labute approximate surface area is 144 Å². The Balaban J connectivity index is 1.98. The number of carbonyl (C=O) groups is 1. The first-order valence-electron chi connectivity index (χ1n) is 7.01. The molecule has 0 radical (unpaired) electrons. The van der Waals surface area contributed by atoms with Crippen molar-refractivity contribution in [2.24, 2.45) is 21.7 Å². The fraction of sp³-hybridized carbons (Fsp3) is 0.0625. The van der Waals surface area contributed by atoms with Crippen molar-refractivity contribution in [1.29, 1.82) is 0 Å². The van der Waals surface area contributed by atoms with E-state index in [0.717, 1.165) is 5.56 Å². The number of rotatable bonds is 4. The van der Waals surface area contributed by atoms with Crippen molar-refractivity contribution in [3.63, 3.8) is 0 Å². The van der Waals surface area contributed by atoms with Crippen molar-refractivity contribution in [2.45, 2.75) is 6.92 Å². The molecule has 2 amide bonds. The van der Waals surface area contributed by atoms with Gasteiger partial charge in [0, 0.05) is 16.4 Å². The van der Waals surface area contributed by atoms with Crippen LogP contribution in [0.15, 0.2) is 58.7 Å². The van der Waals surface area contributed by atoms with Gasteiger partial charge in [-0.15, -0.1) is 5.10 Å². The number of urea groups is 1. The number of halogens is 1. The molecule has 0 fully saturated rings. The molecule has 0 heterocycles. The van der Waals surface area contributed by atoms with Crippen molar-refractivity contribution in [3.8, 4) is 0 Å². The Morgan fingerprint density at radius 1 is 0.917 bits per heavy atom. The van der Waals surface area contributed by atoms with E-state index in [-0.39, 0.29) is 12.0 Å². The van der Waals surface area contributed by atoms with Gasteiger partial charge in [0.1, 0.15) is 0 Å². The second-order valence-electron chi connectivity index (χ2n) is 4.87. The third-order valence-electron chi connectivity index (χ3n) is 2.98. The van der Waals surface area contributed by atoms with Crippen molar-refractivity contribution < 1.29 is 4.79 Å². The van der Waals surface area contributed by atoms with Crippen LogP contribution in [0.3, 0.4) is 0 Å². The van der Waals surface area contributed by atoms with Gasteiger partial charge in [-0.2, -0.15) is 5.10 Å². The molecule has 0 aliphatic heterocycles. The van der Waals surface area contributed by atoms with Crippen LogP contribution in [-0.2, 0) is 0 Å². The molecule has 0 bridgehead atoms. The Morgan fingerprint density at radius 3 is 1.92 bits per heavy atom. The first kappa shape index (κ1) is 17.3. The summed E-state index contributed by atoms with van der Waals surface area (Å²) >= 11 is 5.80. The van der Waals surface area contributed by atoms with Crippen LogP contribution in [0.5, 0.6) is 0 Å². The minimum Gasteiger partial charge on any atom is -0.369 e. The van der Waals surface area contributed by atoms with Crippen LogP contribution in [0.25, 0.3) is 0 Å². The third kappa shape index (κ3) is 5.29. The Bertz CT molecular complexity index is 764. The highest BCUT2D eigenvalue weighted by Gasteiger charge is 2.04. The number of nitrogens with one attached hydrogen (secondary N) is 2. The van der Waals surface area contributed by atoms with E-state index in [2.05, 4.69) is 20.8 Å². The molecule has 0 atom stereocenters. The molecule has 0 aliphatic rings. The third-order valence-corrected chi connectivity index (χ3v) is 3.23. The van der Waals surface area contributed by atoms with Crippen molar-refractivity contribution in [1.82, 2.24) is 0 Å². The lowest BCUT2D eigenvalue weighted by Crippen LogP contribution is -2.22. The maximum absolute atomic E-state index is 11.9. The largest absolute Gasteiger partial charge is 0.369 e. The number of anilines is 2. The minimum absolute atomic E-state index is 0.105. The second kappa shape index (κ2) is 7.98. The van der Waals surface area contributed by atoms with Gasteiger partial charge >= 0.3 is 6.03 Å². The van der Waals surface area contributed by atoms with E-state index in [1.165, 1.54) is 0 Å². The maximum Gasteiger partial charge on any atom is 0.323 e. The smallest absolute Gasteiger partial charge is 0.323 e. The lowest BCUT2D eigenvalue weighted by molar-refractivity contribution is 0.262. The minimum atomic E-state index is -0.351. The summed E-state index contributed by atoms with van der Waals surface area (Å²) in [4.78, 5) is 11.9. The van der Waals surface area contributed by atoms with Gasteiger partial charge in [-0.05, 0) is 48.9 Å². The molecule has 6 N–H and O–H groups in total. The topological polar surface area (TPSA) is 118 Å². The van der Waals surface area contributed by atoms with Crippen LogP contribution in [0.2, 0.25) is 5.02 Å². The highest BCUT2D eigenvalue weighted by atomic mass is 35.5. The molecule has 2 aromatic rings. The number of benzene rings is 2. The summed E-state index contributed by atoms with van der Waals surface area (Å²) in [6, 6.07) is 13.6. The molecule has 0 saturated carbocycles. The number of hydrogen-bond donors (Lipinski definition) is 4. The molecule has 2 aromatic carbocycles. The first-order chi connectivity index (χ1) is 11.4. The normalized spacial score (nSPS) is 10.8. The number of carbonyl (C=O) groups excluding carboxylic acids is 1. The van der Waals surface area contributed by atoms with Gasteiger partial charge < -0.3 is 22.1 Å². The number of amides is 2. The Morgan fingerprint density at radius 2 is 1.42 bits per heavy atom. The Kier molecular flexibility index (Phi) is 5.75. The second-order valence-corrected chi connectivity index (χ2v) is 5.31. The predicted molar refractivity (Wildman–Crippen MR) is 98.6 cm³/mol. The molecule has 0 saturated heterocycles. The fourth-order valence-electron chi connectivity index (χ4n) is 1.81. The van der Waals surface area contributed by atoms with Gasteiger partial charge in [-0.3, -0.25) is 0 Å². The molecule has 24 heavy (non-hydrogen) atoms. The van der Waals surface area contributed by atoms with Gasteiger partial charge in [0.05, 0.1) is 5.71 Å². The molecule has 0 aromatic heterocycles. The van der Waals surface area contributed by atoms with E-state index in [4.69, 9.17) is 23.1 Å². The van der Waals surface area contributed by atoms with Gasteiger partial charge in [-0.25, -0.2) is 4.79 Å². The predicted octanol–water partition coefficient (Wildman–Crippen LogP) is 2.98. The summed E-state index contributed by atoms with van der Waals surface area (Å²) in [6.45, 7) is 1.78. The zero-order valence-electron chi connectivity index (χ0n) is 13.0. The molecule has 0 aliphatic carbocycles. The molecule has 0 unspecified atom stereocenters. The van der Waals surface area contributed by atoms with E-state index >= 15 is 0 Å². The van der Waals surface area contributed by atoms with Crippen LogP contribution in [0, 0.1) is 0 Å². The summed E-state index contributed by atoms with van der Waals surface area (Å²) in [5.74, 6) is -0.105. The number of guanidine groups is 1. The molecule has 0 spiro atoms. The average Bonchev–Trinajstić information content (AvgIpc) is 2.55. The molecular formula is C16H17ClN6O. The standard InChI is InChI=1S/C16H17ClN6O/c1-10(22-23-15(18)19)11-2-6-13(7-3-11)20-16(24)21-14-8-4-12(17)5-9-14/h2-9H,1H3,(H4,18,19,23)(H2,20,21,24)/b22-10-.